The van der Waals surface area contributed by atoms with Gasteiger partial charge in [-0.15, -0.1) is 0 Å². The number of carbonyl (C=O) groups is 1. The van der Waals surface area contributed by atoms with Gasteiger partial charge in [-0.25, -0.2) is 4.39 Å². The van der Waals surface area contributed by atoms with Gasteiger partial charge in [-0.1, -0.05) is 50.2 Å². The second kappa shape index (κ2) is 8.66. The minimum absolute atomic E-state index is 0.0502. The third-order valence-electron chi connectivity index (χ3n) is 6.48. The average molecular weight is 395 g/mol. The highest BCUT2D eigenvalue weighted by molar-refractivity contribution is 5.80. The third-order valence-corrected chi connectivity index (χ3v) is 6.48. The molecule has 29 heavy (non-hydrogen) atoms. The van der Waals surface area contributed by atoms with E-state index in [2.05, 4.69) is 47.9 Å². The number of carbonyl (C=O) groups excluding carboxylic acids is 1. The van der Waals surface area contributed by atoms with Gasteiger partial charge < -0.3 is 4.90 Å². The van der Waals surface area contributed by atoms with E-state index in [4.69, 9.17) is 0 Å². The summed E-state index contributed by atoms with van der Waals surface area (Å²) >= 11 is 0. The maximum atomic E-state index is 13.7. The quantitative estimate of drug-likeness (QED) is 0.742. The number of nitrogens with zero attached hydrogens (tertiary/aromatic N) is 2. The summed E-state index contributed by atoms with van der Waals surface area (Å²) in [7, 11) is 0. The van der Waals surface area contributed by atoms with Crippen molar-refractivity contribution in [3.05, 3.63) is 71.0 Å². The van der Waals surface area contributed by atoms with Crippen LogP contribution < -0.4 is 0 Å². The molecular formula is C25H31FN2O. The first-order valence-electron chi connectivity index (χ1n) is 10.9. The standard InChI is InChI=1S/C25H31FN2O/c1-18(2)24-23-9-8-22(26)16-21(23)12-15-28(24)25(29)20-10-13-27(14-11-20)17-19-6-4-3-5-7-19/h3-9,16,18,20,24H,10-15,17H2,1-2H3. The Morgan fingerprint density at radius 3 is 2.48 bits per heavy atom. The first-order valence-corrected chi connectivity index (χ1v) is 10.9. The highest BCUT2D eigenvalue weighted by atomic mass is 19.1. The first kappa shape index (κ1) is 20.1. The van der Waals surface area contributed by atoms with Gasteiger partial charge in [-0.05, 0) is 67.1 Å². The van der Waals surface area contributed by atoms with Crippen LogP contribution in [0, 0.1) is 17.7 Å². The summed E-state index contributed by atoms with van der Waals surface area (Å²) in [6, 6.07) is 15.7. The monoisotopic (exact) mass is 394 g/mol. The predicted molar refractivity (Wildman–Crippen MR) is 114 cm³/mol. The molecule has 4 rings (SSSR count). The zero-order valence-corrected chi connectivity index (χ0v) is 17.5. The van der Waals surface area contributed by atoms with Crippen molar-refractivity contribution in [3.8, 4) is 0 Å². The van der Waals surface area contributed by atoms with E-state index in [0.717, 1.165) is 50.0 Å². The summed E-state index contributed by atoms with van der Waals surface area (Å²) < 4.78 is 13.7. The van der Waals surface area contributed by atoms with Crippen molar-refractivity contribution in [1.82, 2.24) is 9.80 Å². The average Bonchev–Trinajstić information content (AvgIpc) is 2.73. The van der Waals surface area contributed by atoms with E-state index >= 15 is 0 Å². The summed E-state index contributed by atoms with van der Waals surface area (Å²) in [6.45, 7) is 7.90. The lowest BCUT2D eigenvalue weighted by atomic mass is 9.84. The summed E-state index contributed by atoms with van der Waals surface area (Å²) in [5, 5.41) is 0. The lowest BCUT2D eigenvalue weighted by Gasteiger charge is -2.42. The van der Waals surface area contributed by atoms with Gasteiger partial charge in [0.25, 0.3) is 0 Å². The smallest absolute Gasteiger partial charge is 0.226 e. The normalized spacial score (nSPS) is 20.7. The number of benzene rings is 2. The number of hydrogen-bond acceptors (Lipinski definition) is 2. The van der Waals surface area contributed by atoms with Gasteiger partial charge in [0.2, 0.25) is 5.91 Å². The maximum absolute atomic E-state index is 13.7. The first-order chi connectivity index (χ1) is 14.0. The van der Waals surface area contributed by atoms with Gasteiger partial charge in [0.05, 0.1) is 6.04 Å². The summed E-state index contributed by atoms with van der Waals surface area (Å²) in [6.07, 6.45) is 2.58. The van der Waals surface area contributed by atoms with Gasteiger partial charge in [-0.2, -0.15) is 0 Å². The van der Waals surface area contributed by atoms with Crippen LogP contribution in [0.5, 0.6) is 0 Å². The van der Waals surface area contributed by atoms with Gasteiger partial charge >= 0.3 is 0 Å². The van der Waals surface area contributed by atoms with Crippen molar-refractivity contribution in [3.63, 3.8) is 0 Å². The van der Waals surface area contributed by atoms with Crippen molar-refractivity contribution in [2.24, 2.45) is 11.8 Å². The van der Waals surface area contributed by atoms with Crippen LogP contribution >= 0.6 is 0 Å². The molecule has 4 heteroatoms. The molecule has 0 aromatic heterocycles. The molecule has 3 nitrogen and oxygen atoms in total. The van der Waals surface area contributed by atoms with Crippen LogP contribution in [0.25, 0.3) is 0 Å². The second-order valence-corrected chi connectivity index (χ2v) is 8.85. The molecule has 2 heterocycles. The van der Waals surface area contributed by atoms with Gasteiger partial charge in [0.15, 0.2) is 0 Å². The van der Waals surface area contributed by atoms with E-state index in [1.54, 1.807) is 6.07 Å². The zero-order valence-electron chi connectivity index (χ0n) is 17.5. The van der Waals surface area contributed by atoms with Gasteiger partial charge in [0.1, 0.15) is 5.82 Å². The minimum atomic E-state index is -0.183. The molecule has 0 N–H and O–H groups in total. The molecule has 1 unspecified atom stereocenters. The molecule has 0 saturated carbocycles. The molecule has 0 aliphatic carbocycles. The van der Waals surface area contributed by atoms with Gasteiger partial charge in [-0.3, -0.25) is 9.69 Å². The maximum Gasteiger partial charge on any atom is 0.226 e. The largest absolute Gasteiger partial charge is 0.335 e. The molecule has 2 aromatic carbocycles. The molecule has 0 bridgehead atoms. The van der Waals surface area contributed by atoms with Crippen LogP contribution in [0.1, 0.15) is 49.4 Å². The van der Waals surface area contributed by atoms with Crippen molar-refractivity contribution in [1.29, 1.82) is 0 Å². The molecule has 1 fully saturated rings. The Bertz CT molecular complexity index is 843. The van der Waals surface area contributed by atoms with E-state index in [1.807, 2.05) is 12.1 Å². The van der Waals surface area contributed by atoms with E-state index in [1.165, 1.54) is 11.6 Å². The number of hydrogen-bond donors (Lipinski definition) is 0. The Morgan fingerprint density at radius 1 is 1.07 bits per heavy atom. The van der Waals surface area contributed by atoms with E-state index in [9.17, 15) is 9.18 Å². The molecule has 154 valence electrons. The van der Waals surface area contributed by atoms with E-state index < -0.39 is 0 Å². The molecule has 2 aliphatic rings. The topological polar surface area (TPSA) is 23.6 Å². The molecule has 2 aliphatic heterocycles. The Kier molecular flexibility index (Phi) is 6.00. The minimum Gasteiger partial charge on any atom is -0.335 e. The molecule has 1 atom stereocenters. The Hall–Kier alpha value is -2.20. The Labute approximate surface area is 173 Å². The number of rotatable bonds is 4. The lowest BCUT2D eigenvalue weighted by molar-refractivity contribution is -0.141. The van der Waals surface area contributed by atoms with Crippen molar-refractivity contribution >= 4 is 5.91 Å². The van der Waals surface area contributed by atoms with Crippen LogP contribution in [0.3, 0.4) is 0 Å². The van der Waals surface area contributed by atoms with Crippen LogP contribution in [0.15, 0.2) is 48.5 Å². The molecule has 1 saturated heterocycles. The Balaban J connectivity index is 1.42. The van der Waals surface area contributed by atoms with Crippen LogP contribution in [-0.4, -0.2) is 35.3 Å². The van der Waals surface area contributed by atoms with Gasteiger partial charge in [0, 0.05) is 19.0 Å². The van der Waals surface area contributed by atoms with E-state index in [-0.39, 0.29) is 23.7 Å². The van der Waals surface area contributed by atoms with Crippen molar-refractivity contribution < 1.29 is 9.18 Å². The third kappa shape index (κ3) is 4.37. The van der Waals surface area contributed by atoms with Crippen LogP contribution in [-0.2, 0) is 17.8 Å². The fourth-order valence-corrected chi connectivity index (χ4v) is 5.01. The van der Waals surface area contributed by atoms with Crippen LogP contribution in [0.2, 0.25) is 0 Å². The number of fused-ring (bicyclic) bond motifs is 1. The second-order valence-electron chi connectivity index (χ2n) is 8.85. The summed E-state index contributed by atoms with van der Waals surface area (Å²) in [5.74, 6) is 0.516. The lowest BCUT2D eigenvalue weighted by Crippen LogP contribution is -2.47. The molecule has 2 aromatic rings. The molecule has 1 amide bonds. The summed E-state index contributed by atoms with van der Waals surface area (Å²) in [4.78, 5) is 18.0. The predicted octanol–water partition coefficient (Wildman–Crippen LogP) is 4.82. The molecular weight excluding hydrogens is 363 g/mol. The van der Waals surface area contributed by atoms with Crippen LogP contribution in [0.4, 0.5) is 4.39 Å². The highest BCUT2D eigenvalue weighted by Crippen LogP contribution is 2.37. The van der Waals surface area contributed by atoms with Crippen molar-refractivity contribution in [2.75, 3.05) is 19.6 Å². The van der Waals surface area contributed by atoms with Crippen molar-refractivity contribution in [2.45, 2.75) is 45.7 Å². The number of amides is 1. The summed E-state index contributed by atoms with van der Waals surface area (Å²) in [5.41, 5.74) is 3.52. The molecule has 0 spiro atoms. The van der Waals surface area contributed by atoms with E-state index in [0.29, 0.717) is 12.5 Å². The number of halogens is 1. The SMILES string of the molecule is CC(C)C1c2ccc(F)cc2CCN1C(=O)C1CCN(Cc2ccccc2)CC1. The molecule has 0 radical (unpaired) electrons. The number of piperidine rings is 1. The fourth-order valence-electron chi connectivity index (χ4n) is 5.01. The zero-order chi connectivity index (χ0) is 20.4. The fraction of sp³-hybridized carbons (Fsp3) is 0.480. The number of likely N-dealkylation sites (tertiary alicyclic amines) is 1. The Morgan fingerprint density at radius 2 is 1.79 bits per heavy atom. The highest BCUT2D eigenvalue weighted by Gasteiger charge is 2.37.